The van der Waals surface area contributed by atoms with Gasteiger partial charge in [-0.25, -0.2) is 13.8 Å². The first kappa shape index (κ1) is 14.7. The molecule has 1 aliphatic rings. The Labute approximate surface area is 135 Å². The average molecular weight is 335 g/mol. The summed E-state index contributed by atoms with van der Waals surface area (Å²) >= 11 is 1.57. The van der Waals surface area contributed by atoms with E-state index in [1.165, 1.54) is 0 Å². The fourth-order valence-electron chi connectivity index (χ4n) is 2.95. The molecule has 7 heteroatoms. The van der Waals surface area contributed by atoms with Gasteiger partial charge in [-0.15, -0.1) is 11.3 Å². The van der Waals surface area contributed by atoms with Crippen LogP contribution >= 0.6 is 11.3 Å². The van der Waals surface area contributed by atoms with E-state index in [1.807, 2.05) is 24.4 Å². The van der Waals surface area contributed by atoms with E-state index in [9.17, 15) is 8.78 Å². The zero-order chi connectivity index (χ0) is 16.1. The Hall–Kier alpha value is -1.89. The summed E-state index contributed by atoms with van der Waals surface area (Å²) in [5, 5.41) is 7.03. The Bertz CT molecular complexity index is 848. The molecule has 1 fully saturated rings. The van der Waals surface area contributed by atoms with E-state index in [1.54, 1.807) is 17.5 Å². The first-order valence-corrected chi connectivity index (χ1v) is 8.39. The van der Waals surface area contributed by atoms with E-state index in [4.69, 9.17) is 4.52 Å². The Morgan fingerprint density at radius 2 is 2.00 bits per heavy atom. The van der Waals surface area contributed by atoms with E-state index >= 15 is 0 Å². The first-order chi connectivity index (χ1) is 11.0. The van der Waals surface area contributed by atoms with Crippen molar-refractivity contribution in [3.8, 4) is 11.4 Å². The molecular weight excluding hydrogens is 320 g/mol. The molecule has 0 amide bonds. The largest absolute Gasteiger partial charge is 0.338 e. The molecule has 0 saturated heterocycles. The van der Waals surface area contributed by atoms with E-state index < -0.39 is 11.3 Å². The third kappa shape index (κ3) is 2.63. The molecule has 3 heterocycles. The quantitative estimate of drug-likeness (QED) is 0.674. The van der Waals surface area contributed by atoms with Crippen molar-refractivity contribution < 1.29 is 13.3 Å². The number of fused-ring (bicyclic) bond motifs is 1. The molecule has 4 nitrogen and oxygen atoms in total. The van der Waals surface area contributed by atoms with Crippen LogP contribution in [-0.2, 0) is 5.41 Å². The number of aromatic nitrogens is 3. The van der Waals surface area contributed by atoms with Gasteiger partial charge < -0.3 is 4.52 Å². The minimum atomic E-state index is -2.57. The van der Waals surface area contributed by atoms with Crippen LogP contribution in [0.4, 0.5) is 8.78 Å². The molecule has 3 aromatic rings. The van der Waals surface area contributed by atoms with Gasteiger partial charge in [-0.2, -0.15) is 4.98 Å². The fourth-order valence-corrected chi connectivity index (χ4v) is 3.67. The van der Waals surface area contributed by atoms with Crippen molar-refractivity contribution in [1.82, 2.24) is 15.1 Å². The second-order valence-corrected chi connectivity index (χ2v) is 7.27. The van der Waals surface area contributed by atoms with Crippen molar-refractivity contribution in [2.24, 2.45) is 0 Å². The second kappa shape index (κ2) is 5.06. The number of alkyl halides is 2. The normalized spacial score (nSPS) is 20.0. The Morgan fingerprint density at radius 1 is 1.22 bits per heavy atom. The molecular formula is C16H15F2N3OS. The van der Waals surface area contributed by atoms with Crippen molar-refractivity contribution in [1.29, 1.82) is 0 Å². The summed E-state index contributed by atoms with van der Waals surface area (Å²) < 4.78 is 32.1. The molecule has 0 bridgehead atoms. The summed E-state index contributed by atoms with van der Waals surface area (Å²) in [6, 6.07) is 3.95. The number of halogens is 2. The molecule has 3 aromatic heterocycles. The standard InChI is InChI=1S/C16H15F2N3OS/c1-15(3-5-16(17,18)6-4-15)14-20-12(21-22-14)11-8-10-2-7-23-13(10)19-9-11/h2,7-9H,3-6H2,1H3. The summed E-state index contributed by atoms with van der Waals surface area (Å²) in [6.45, 7) is 1.92. The molecule has 0 unspecified atom stereocenters. The number of nitrogens with zero attached hydrogens (tertiary/aromatic N) is 3. The molecule has 120 valence electrons. The van der Waals surface area contributed by atoms with E-state index in [-0.39, 0.29) is 12.8 Å². The molecule has 0 radical (unpaired) electrons. The predicted molar refractivity (Wildman–Crippen MR) is 83.7 cm³/mol. The van der Waals surface area contributed by atoms with Crippen molar-refractivity contribution in [3.05, 3.63) is 29.6 Å². The van der Waals surface area contributed by atoms with Crippen LogP contribution in [-0.4, -0.2) is 21.0 Å². The maximum atomic E-state index is 13.4. The van der Waals surface area contributed by atoms with Gasteiger partial charge in [0, 0.05) is 35.4 Å². The minimum Gasteiger partial charge on any atom is -0.338 e. The zero-order valence-corrected chi connectivity index (χ0v) is 13.4. The summed E-state index contributed by atoms with van der Waals surface area (Å²) in [5.41, 5.74) is 0.294. The van der Waals surface area contributed by atoms with E-state index in [0.29, 0.717) is 24.6 Å². The van der Waals surface area contributed by atoms with Gasteiger partial charge >= 0.3 is 0 Å². The number of rotatable bonds is 2. The van der Waals surface area contributed by atoms with Gasteiger partial charge in [0.1, 0.15) is 4.83 Å². The maximum absolute atomic E-state index is 13.4. The minimum absolute atomic E-state index is 0.135. The van der Waals surface area contributed by atoms with Crippen LogP contribution in [0.3, 0.4) is 0 Å². The van der Waals surface area contributed by atoms with Gasteiger partial charge in [0.05, 0.1) is 0 Å². The molecule has 23 heavy (non-hydrogen) atoms. The van der Waals surface area contributed by atoms with Crippen LogP contribution < -0.4 is 0 Å². The lowest BCUT2D eigenvalue weighted by Crippen LogP contribution is -2.34. The summed E-state index contributed by atoms with van der Waals surface area (Å²) in [4.78, 5) is 9.79. The smallest absolute Gasteiger partial charge is 0.248 e. The predicted octanol–water partition coefficient (Wildman–Crippen LogP) is 4.81. The van der Waals surface area contributed by atoms with Crippen LogP contribution in [0.25, 0.3) is 21.6 Å². The third-order valence-electron chi connectivity index (χ3n) is 4.59. The molecule has 4 rings (SSSR count). The number of pyridine rings is 1. The van der Waals surface area contributed by atoms with Crippen molar-refractivity contribution in [2.75, 3.05) is 0 Å². The van der Waals surface area contributed by atoms with Gasteiger partial charge in [-0.05, 0) is 30.4 Å². The monoisotopic (exact) mass is 335 g/mol. The summed E-state index contributed by atoms with van der Waals surface area (Å²) in [7, 11) is 0. The average Bonchev–Trinajstić information content (AvgIpc) is 3.18. The highest BCUT2D eigenvalue weighted by Crippen LogP contribution is 2.44. The molecule has 0 spiro atoms. The van der Waals surface area contributed by atoms with Crippen molar-refractivity contribution in [3.63, 3.8) is 0 Å². The van der Waals surface area contributed by atoms with Gasteiger partial charge in [-0.3, -0.25) is 0 Å². The maximum Gasteiger partial charge on any atom is 0.248 e. The van der Waals surface area contributed by atoms with Crippen LogP contribution in [0.1, 0.15) is 38.5 Å². The molecule has 1 aliphatic carbocycles. The second-order valence-electron chi connectivity index (χ2n) is 6.38. The molecule has 1 saturated carbocycles. The molecule has 0 N–H and O–H groups in total. The lowest BCUT2D eigenvalue weighted by Gasteiger charge is -2.34. The lowest BCUT2D eigenvalue weighted by atomic mass is 9.74. The Balaban J connectivity index is 1.63. The first-order valence-electron chi connectivity index (χ1n) is 7.51. The SMILES string of the molecule is CC1(c2nc(-c3cnc4sccc4c3)no2)CCC(F)(F)CC1. The highest BCUT2D eigenvalue weighted by Gasteiger charge is 2.44. The topological polar surface area (TPSA) is 51.8 Å². The zero-order valence-electron chi connectivity index (χ0n) is 12.6. The highest BCUT2D eigenvalue weighted by atomic mass is 32.1. The van der Waals surface area contributed by atoms with Gasteiger partial charge in [0.15, 0.2) is 0 Å². The van der Waals surface area contributed by atoms with Crippen molar-refractivity contribution >= 4 is 21.6 Å². The number of hydrogen-bond acceptors (Lipinski definition) is 5. The number of hydrogen-bond donors (Lipinski definition) is 0. The summed E-state index contributed by atoms with van der Waals surface area (Å²) in [5.74, 6) is -1.68. The van der Waals surface area contributed by atoms with Crippen LogP contribution in [0, 0.1) is 0 Å². The molecule has 0 atom stereocenters. The molecule has 0 aromatic carbocycles. The third-order valence-corrected chi connectivity index (χ3v) is 5.43. The van der Waals surface area contributed by atoms with Gasteiger partial charge in [0.2, 0.25) is 17.6 Å². The lowest BCUT2D eigenvalue weighted by molar-refractivity contribution is -0.0532. The van der Waals surface area contributed by atoms with E-state index in [0.717, 1.165) is 15.8 Å². The van der Waals surface area contributed by atoms with Crippen molar-refractivity contribution in [2.45, 2.75) is 43.9 Å². The van der Waals surface area contributed by atoms with Crippen LogP contribution in [0.15, 0.2) is 28.2 Å². The Morgan fingerprint density at radius 3 is 2.78 bits per heavy atom. The van der Waals surface area contributed by atoms with Gasteiger partial charge in [0.25, 0.3) is 0 Å². The highest BCUT2D eigenvalue weighted by molar-refractivity contribution is 7.16. The summed E-state index contributed by atoms with van der Waals surface area (Å²) in [6.07, 6.45) is 2.14. The van der Waals surface area contributed by atoms with Crippen LogP contribution in [0.5, 0.6) is 0 Å². The Kier molecular flexibility index (Phi) is 3.23. The van der Waals surface area contributed by atoms with E-state index in [2.05, 4.69) is 15.1 Å². The van der Waals surface area contributed by atoms with Gasteiger partial charge in [-0.1, -0.05) is 12.1 Å². The molecule has 0 aliphatic heterocycles. The number of thiophene rings is 1. The fraction of sp³-hybridized carbons (Fsp3) is 0.438. The van der Waals surface area contributed by atoms with Crippen LogP contribution in [0.2, 0.25) is 0 Å².